The Balaban J connectivity index is 1.61. The van der Waals surface area contributed by atoms with Gasteiger partial charge in [-0.1, -0.05) is 12.1 Å². The molecular weight excluding hydrogens is 312 g/mol. The molecule has 4 N–H and O–H groups in total. The number of anilines is 2. The summed E-state index contributed by atoms with van der Waals surface area (Å²) < 4.78 is 0. The van der Waals surface area contributed by atoms with Crippen LogP contribution >= 0.6 is 11.3 Å². The van der Waals surface area contributed by atoms with Gasteiger partial charge in [0, 0.05) is 17.0 Å². The fourth-order valence-corrected chi connectivity index (χ4v) is 2.95. The fourth-order valence-electron chi connectivity index (χ4n) is 2.17. The first-order chi connectivity index (χ1) is 11.0. The summed E-state index contributed by atoms with van der Waals surface area (Å²) in [6.45, 7) is 2.00. The van der Waals surface area contributed by atoms with Crippen molar-refractivity contribution in [1.29, 1.82) is 0 Å². The van der Waals surface area contributed by atoms with Crippen LogP contribution in [0.3, 0.4) is 0 Å². The molecular formula is C16H18N4O2S. The van der Waals surface area contributed by atoms with E-state index in [-0.39, 0.29) is 23.6 Å². The van der Waals surface area contributed by atoms with E-state index in [2.05, 4.69) is 15.6 Å². The van der Waals surface area contributed by atoms with Crippen LogP contribution in [0.2, 0.25) is 0 Å². The summed E-state index contributed by atoms with van der Waals surface area (Å²) in [6.07, 6.45) is 1.98. The highest BCUT2D eigenvalue weighted by Gasteiger charge is 2.29. The third kappa shape index (κ3) is 3.87. The Morgan fingerprint density at radius 1 is 1.30 bits per heavy atom. The second-order valence-electron chi connectivity index (χ2n) is 5.65. The number of thiazole rings is 1. The molecule has 0 saturated heterocycles. The number of nitrogens with two attached hydrogens (primary N) is 1. The van der Waals surface area contributed by atoms with Gasteiger partial charge in [0.1, 0.15) is 5.69 Å². The zero-order valence-electron chi connectivity index (χ0n) is 12.7. The average Bonchev–Trinajstić information content (AvgIpc) is 3.28. The minimum absolute atomic E-state index is 0.0232. The van der Waals surface area contributed by atoms with Crippen molar-refractivity contribution in [2.75, 3.05) is 10.6 Å². The first-order valence-electron chi connectivity index (χ1n) is 7.45. The van der Waals surface area contributed by atoms with Crippen LogP contribution in [0.4, 0.5) is 10.8 Å². The number of carbonyl (C=O) groups is 2. The number of aromatic nitrogens is 1. The maximum Gasteiger partial charge on any atom is 0.268 e. The van der Waals surface area contributed by atoms with Gasteiger partial charge in [-0.15, -0.1) is 11.3 Å². The van der Waals surface area contributed by atoms with Crippen molar-refractivity contribution in [3.05, 3.63) is 40.9 Å². The first kappa shape index (κ1) is 15.5. The molecule has 7 heteroatoms. The molecule has 1 aromatic carbocycles. The van der Waals surface area contributed by atoms with E-state index in [4.69, 9.17) is 5.73 Å². The SMILES string of the molecule is CC(Nc1nc(C(N)=O)cs1)c1ccc(NC(=O)C2CC2)cc1. The van der Waals surface area contributed by atoms with Crippen molar-refractivity contribution in [1.82, 2.24) is 4.98 Å². The first-order valence-corrected chi connectivity index (χ1v) is 8.33. The lowest BCUT2D eigenvalue weighted by Crippen LogP contribution is -2.13. The van der Waals surface area contributed by atoms with E-state index in [0.717, 1.165) is 24.1 Å². The van der Waals surface area contributed by atoms with Crippen LogP contribution in [-0.2, 0) is 4.79 Å². The molecule has 1 saturated carbocycles. The predicted octanol–water partition coefficient (Wildman–Crippen LogP) is 2.76. The second-order valence-corrected chi connectivity index (χ2v) is 6.51. The van der Waals surface area contributed by atoms with E-state index >= 15 is 0 Å². The number of carbonyl (C=O) groups excluding carboxylic acids is 2. The van der Waals surface area contributed by atoms with E-state index < -0.39 is 5.91 Å². The number of hydrogen-bond acceptors (Lipinski definition) is 5. The van der Waals surface area contributed by atoms with Crippen molar-refractivity contribution in [3.63, 3.8) is 0 Å². The van der Waals surface area contributed by atoms with Gasteiger partial charge in [-0.25, -0.2) is 4.98 Å². The lowest BCUT2D eigenvalue weighted by molar-refractivity contribution is -0.117. The highest BCUT2D eigenvalue weighted by molar-refractivity contribution is 7.13. The zero-order valence-corrected chi connectivity index (χ0v) is 13.5. The topological polar surface area (TPSA) is 97.1 Å². The number of nitrogens with zero attached hydrogens (tertiary/aromatic N) is 1. The van der Waals surface area contributed by atoms with Gasteiger partial charge in [-0.2, -0.15) is 0 Å². The third-order valence-corrected chi connectivity index (χ3v) is 4.50. The summed E-state index contributed by atoms with van der Waals surface area (Å²) in [5, 5.41) is 8.43. The Morgan fingerprint density at radius 3 is 2.57 bits per heavy atom. The van der Waals surface area contributed by atoms with E-state index in [0.29, 0.717) is 5.13 Å². The summed E-state index contributed by atoms with van der Waals surface area (Å²) in [4.78, 5) is 26.9. The van der Waals surface area contributed by atoms with Crippen molar-refractivity contribution in [3.8, 4) is 0 Å². The summed E-state index contributed by atoms with van der Waals surface area (Å²) >= 11 is 1.34. The molecule has 3 rings (SSSR count). The molecule has 1 aliphatic carbocycles. The largest absolute Gasteiger partial charge is 0.364 e. The van der Waals surface area contributed by atoms with E-state index in [1.54, 1.807) is 5.38 Å². The number of rotatable bonds is 6. The lowest BCUT2D eigenvalue weighted by Gasteiger charge is -2.14. The van der Waals surface area contributed by atoms with Crippen molar-refractivity contribution in [2.45, 2.75) is 25.8 Å². The van der Waals surface area contributed by atoms with Gasteiger partial charge in [0.15, 0.2) is 5.13 Å². The Hall–Kier alpha value is -2.41. The third-order valence-electron chi connectivity index (χ3n) is 3.72. The van der Waals surface area contributed by atoms with Crippen molar-refractivity contribution < 1.29 is 9.59 Å². The van der Waals surface area contributed by atoms with Crippen LogP contribution in [0.5, 0.6) is 0 Å². The summed E-state index contributed by atoms with van der Waals surface area (Å²) in [6, 6.07) is 7.73. The summed E-state index contributed by atoms with van der Waals surface area (Å²) in [5.74, 6) is -0.233. The highest BCUT2D eigenvalue weighted by Crippen LogP contribution is 2.30. The molecule has 0 spiro atoms. The molecule has 1 aliphatic rings. The van der Waals surface area contributed by atoms with Gasteiger partial charge >= 0.3 is 0 Å². The zero-order chi connectivity index (χ0) is 16.4. The fraction of sp³-hybridized carbons (Fsp3) is 0.312. The maximum atomic E-state index is 11.7. The normalized spacial score (nSPS) is 15.0. The summed E-state index contributed by atoms with van der Waals surface area (Å²) in [7, 11) is 0. The van der Waals surface area contributed by atoms with Gasteiger partial charge < -0.3 is 16.4 Å². The molecule has 2 amide bonds. The molecule has 1 heterocycles. The van der Waals surface area contributed by atoms with Crippen LogP contribution in [0, 0.1) is 5.92 Å². The number of nitrogens with one attached hydrogen (secondary N) is 2. The quantitative estimate of drug-likeness (QED) is 0.758. The van der Waals surface area contributed by atoms with Gasteiger partial charge in [0.05, 0.1) is 6.04 Å². The summed E-state index contributed by atoms with van der Waals surface area (Å²) in [5.41, 5.74) is 7.33. The number of amides is 2. The molecule has 0 aliphatic heterocycles. The second kappa shape index (κ2) is 6.37. The van der Waals surface area contributed by atoms with Gasteiger partial charge in [0.25, 0.3) is 5.91 Å². The van der Waals surface area contributed by atoms with Crippen LogP contribution in [0.25, 0.3) is 0 Å². The Kier molecular flexibility index (Phi) is 4.29. The highest BCUT2D eigenvalue weighted by atomic mass is 32.1. The van der Waals surface area contributed by atoms with E-state index in [1.165, 1.54) is 11.3 Å². The molecule has 2 aromatic rings. The molecule has 23 heavy (non-hydrogen) atoms. The predicted molar refractivity (Wildman–Crippen MR) is 90.5 cm³/mol. The number of benzene rings is 1. The van der Waals surface area contributed by atoms with Crippen LogP contribution in [0.15, 0.2) is 29.6 Å². The molecule has 1 unspecified atom stereocenters. The smallest absolute Gasteiger partial charge is 0.268 e. The molecule has 1 fully saturated rings. The Morgan fingerprint density at radius 2 is 2.00 bits per heavy atom. The number of hydrogen-bond donors (Lipinski definition) is 3. The van der Waals surface area contributed by atoms with Crippen LogP contribution in [-0.4, -0.2) is 16.8 Å². The van der Waals surface area contributed by atoms with Crippen LogP contribution < -0.4 is 16.4 Å². The van der Waals surface area contributed by atoms with E-state index in [9.17, 15) is 9.59 Å². The standard InChI is InChI=1S/C16H18N4O2S/c1-9(18-16-20-13(8-23-16)14(17)21)10-4-6-12(7-5-10)19-15(22)11-2-3-11/h4-9,11H,2-3H2,1H3,(H2,17,21)(H,18,20)(H,19,22). The van der Waals surface area contributed by atoms with Gasteiger partial charge in [-0.3, -0.25) is 9.59 Å². The number of primary amides is 1. The monoisotopic (exact) mass is 330 g/mol. The van der Waals surface area contributed by atoms with Crippen molar-refractivity contribution >= 4 is 34.0 Å². The molecule has 6 nitrogen and oxygen atoms in total. The Bertz CT molecular complexity index is 722. The molecule has 1 aromatic heterocycles. The van der Waals surface area contributed by atoms with E-state index in [1.807, 2.05) is 31.2 Å². The maximum absolute atomic E-state index is 11.7. The minimum Gasteiger partial charge on any atom is -0.364 e. The Labute approximate surface area is 138 Å². The molecule has 0 bridgehead atoms. The van der Waals surface area contributed by atoms with Gasteiger partial charge in [-0.05, 0) is 37.5 Å². The molecule has 120 valence electrons. The average molecular weight is 330 g/mol. The van der Waals surface area contributed by atoms with Crippen LogP contribution in [0.1, 0.15) is 41.9 Å². The van der Waals surface area contributed by atoms with Gasteiger partial charge in [0.2, 0.25) is 5.91 Å². The minimum atomic E-state index is -0.530. The molecule has 1 atom stereocenters. The lowest BCUT2D eigenvalue weighted by atomic mass is 10.1. The van der Waals surface area contributed by atoms with Crippen molar-refractivity contribution in [2.24, 2.45) is 11.7 Å². The molecule has 0 radical (unpaired) electrons.